The second-order valence-electron chi connectivity index (χ2n) is 3.90. The topological polar surface area (TPSA) is 83.5 Å². The van der Waals surface area contributed by atoms with E-state index in [0.717, 1.165) is 6.07 Å². The molecular weight excluding hydrogens is 280 g/mol. The number of sulfonamides is 1. The Balaban J connectivity index is 3.03. The highest BCUT2D eigenvalue weighted by Gasteiger charge is 2.24. The Morgan fingerprint density at radius 2 is 2.05 bits per heavy atom. The third-order valence-electron chi connectivity index (χ3n) is 2.42. The van der Waals surface area contributed by atoms with Crippen LogP contribution in [0, 0.1) is 11.6 Å². The van der Waals surface area contributed by atoms with E-state index in [9.17, 15) is 22.0 Å². The summed E-state index contributed by atoms with van der Waals surface area (Å²) in [7, 11) is -4.30. The normalized spacial score (nSPS) is 13.2. The first-order valence-electron chi connectivity index (χ1n) is 5.45. The number of carbonyl (C=O) groups is 1. The van der Waals surface area contributed by atoms with Crippen LogP contribution in [0.2, 0.25) is 0 Å². The van der Waals surface area contributed by atoms with Crippen LogP contribution in [-0.2, 0) is 14.8 Å². The van der Waals surface area contributed by atoms with Crippen LogP contribution in [0.5, 0.6) is 0 Å². The van der Waals surface area contributed by atoms with Crippen LogP contribution < -0.4 is 4.72 Å². The summed E-state index contributed by atoms with van der Waals surface area (Å²) >= 11 is 0. The third kappa shape index (κ3) is 4.25. The molecule has 1 atom stereocenters. The summed E-state index contributed by atoms with van der Waals surface area (Å²) in [6.07, 6.45) is -0.227. The van der Waals surface area contributed by atoms with E-state index in [2.05, 4.69) is 0 Å². The fraction of sp³-hybridized carbons (Fsp3) is 0.364. The average Bonchev–Trinajstić information content (AvgIpc) is 2.30. The molecule has 19 heavy (non-hydrogen) atoms. The number of carboxylic acid groups (broad SMARTS) is 1. The Morgan fingerprint density at radius 3 is 2.58 bits per heavy atom. The largest absolute Gasteiger partial charge is 0.481 e. The van der Waals surface area contributed by atoms with Gasteiger partial charge in [-0.05, 0) is 24.6 Å². The predicted octanol–water partition coefficient (Wildman–Crippen LogP) is 1.50. The lowest BCUT2D eigenvalue weighted by molar-refractivity contribution is -0.137. The minimum absolute atomic E-state index is 0.211. The highest BCUT2D eigenvalue weighted by molar-refractivity contribution is 7.89. The zero-order chi connectivity index (χ0) is 14.6. The van der Waals surface area contributed by atoms with Gasteiger partial charge in [0.1, 0.15) is 16.5 Å². The van der Waals surface area contributed by atoms with E-state index in [1.54, 1.807) is 6.92 Å². The smallest absolute Gasteiger partial charge is 0.304 e. The Bertz CT molecular complexity index is 574. The molecule has 0 aliphatic carbocycles. The number of aliphatic carboxylic acids is 1. The number of hydrogen-bond donors (Lipinski definition) is 2. The van der Waals surface area contributed by atoms with Crippen molar-refractivity contribution in [2.24, 2.45) is 0 Å². The molecule has 106 valence electrons. The molecule has 0 aliphatic heterocycles. The van der Waals surface area contributed by atoms with E-state index in [1.807, 2.05) is 4.72 Å². The highest BCUT2D eigenvalue weighted by Crippen LogP contribution is 2.16. The minimum Gasteiger partial charge on any atom is -0.481 e. The highest BCUT2D eigenvalue weighted by atomic mass is 32.2. The van der Waals surface area contributed by atoms with Crippen LogP contribution in [0.25, 0.3) is 0 Å². The molecule has 0 amide bonds. The fourth-order valence-corrected chi connectivity index (χ4v) is 2.85. The number of benzene rings is 1. The number of rotatable bonds is 6. The van der Waals surface area contributed by atoms with Gasteiger partial charge < -0.3 is 5.11 Å². The van der Waals surface area contributed by atoms with Gasteiger partial charge in [-0.1, -0.05) is 6.92 Å². The van der Waals surface area contributed by atoms with E-state index >= 15 is 0 Å². The van der Waals surface area contributed by atoms with E-state index in [-0.39, 0.29) is 6.42 Å². The van der Waals surface area contributed by atoms with E-state index < -0.39 is 45.0 Å². The zero-order valence-electron chi connectivity index (χ0n) is 10.1. The molecule has 0 heterocycles. The fourth-order valence-electron chi connectivity index (χ4n) is 1.45. The van der Waals surface area contributed by atoms with Gasteiger partial charge in [-0.2, -0.15) is 0 Å². The lowest BCUT2D eigenvalue weighted by atomic mass is 10.2. The van der Waals surface area contributed by atoms with Gasteiger partial charge in [0, 0.05) is 6.04 Å². The first-order chi connectivity index (χ1) is 8.76. The molecule has 1 unspecified atom stereocenters. The summed E-state index contributed by atoms with van der Waals surface area (Å²) in [6, 6.07) is 1.15. The third-order valence-corrected chi connectivity index (χ3v) is 3.95. The quantitative estimate of drug-likeness (QED) is 0.832. The standard InChI is InChI=1S/C11H13F2NO4S/c1-2-8(6-11(15)16)14-19(17,18)10-5-7(12)3-4-9(10)13/h3-5,8,14H,2,6H2,1H3,(H,15,16). The molecule has 5 nitrogen and oxygen atoms in total. The molecule has 0 fully saturated rings. The SMILES string of the molecule is CCC(CC(=O)O)NS(=O)(=O)c1cc(F)ccc1F. The second-order valence-corrected chi connectivity index (χ2v) is 5.58. The molecule has 0 aromatic heterocycles. The number of hydrogen-bond acceptors (Lipinski definition) is 3. The molecule has 2 N–H and O–H groups in total. The number of halogens is 2. The lowest BCUT2D eigenvalue weighted by Gasteiger charge is -2.15. The van der Waals surface area contributed by atoms with Gasteiger partial charge in [-0.3, -0.25) is 4.79 Å². The Hall–Kier alpha value is -1.54. The van der Waals surface area contributed by atoms with Crippen molar-refractivity contribution in [2.75, 3.05) is 0 Å². The van der Waals surface area contributed by atoms with Gasteiger partial charge in [0.2, 0.25) is 10.0 Å². The van der Waals surface area contributed by atoms with Crippen molar-refractivity contribution in [2.45, 2.75) is 30.7 Å². The van der Waals surface area contributed by atoms with Crippen LogP contribution >= 0.6 is 0 Å². The van der Waals surface area contributed by atoms with Crippen LogP contribution in [0.1, 0.15) is 19.8 Å². The van der Waals surface area contributed by atoms with Gasteiger partial charge in [0.15, 0.2) is 0 Å². The van der Waals surface area contributed by atoms with Gasteiger partial charge in [0.05, 0.1) is 6.42 Å². The van der Waals surface area contributed by atoms with Crippen molar-refractivity contribution in [3.05, 3.63) is 29.8 Å². The molecule has 8 heteroatoms. The molecule has 1 aromatic carbocycles. The van der Waals surface area contributed by atoms with Gasteiger partial charge in [-0.15, -0.1) is 0 Å². The van der Waals surface area contributed by atoms with Crippen LogP contribution in [0.4, 0.5) is 8.78 Å². The summed E-state index contributed by atoms with van der Waals surface area (Å²) in [4.78, 5) is 9.71. The van der Waals surface area contributed by atoms with Crippen LogP contribution in [0.3, 0.4) is 0 Å². The summed E-state index contributed by atoms with van der Waals surface area (Å²) < 4.78 is 52.1. The molecule has 0 saturated carbocycles. The Labute approximate surface area is 109 Å². The molecule has 0 aliphatic rings. The van der Waals surface area contributed by atoms with E-state index in [0.29, 0.717) is 12.1 Å². The predicted molar refractivity (Wildman–Crippen MR) is 63.0 cm³/mol. The maximum Gasteiger partial charge on any atom is 0.304 e. The summed E-state index contributed by atoms with van der Waals surface area (Å²) in [5.74, 6) is -3.18. The second kappa shape index (κ2) is 6.07. The Morgan fingerprint density at radius 1 is 1.42 bits per heavy atom. The summed E-state index contributed by atoms with van der Waals surface area (Å²) in [5.41, 5.74) is 0. The summed E-state index contributed by atoms with van der Waals surface area (Å²) in [5, 5.41) is 8.61. The minimum atomic E-state index is -4.30. The maximum atomic E-state index is 13.4. The molecule has 0 bridgehead atoms. The monoisotopic (exact) mass is 293 g/mol. The number of nitrogens with one attached hydrogen (secondary N) is 1. The lowest BCUT2D eigenvalue weighted by Crippen LogP contribution is -2.36. The first-order valence-corrected chi connectivity index (χ1v) is 6.93. The van der Waals surface area contributed by atoms with Gasteiger partial charge in [-0.25, -0.2) is 21.9 Å². The molecule has 1 rings (SSSR count). The molecule has 0 spiro atoms. The van der Waals surface area contributed by atoms with Crippen molar-refractivity contribution in [1.29, 1.82) is 0 Å². The van der Waals surface area contributed by atoms with Crippen molar-refractivity contribution in [1.82, 2.24) is 4.72 Å². The Kier molecular flexibility index (Phi) is 4.96. The van der Waals surface area contributed by atoms with E-state index in [4.69, 9.17) is 5.11 Å². The van der Waals surface area contributed by atoms with Gasteiger partial charge in [0.25, 0.3) is 0 Å². The maximum absolute atomic E-state index is 13.4. The van der Waals surface area contributed by atoms with Gasteiger partial charge >= 0.3 is 5.97 Å². The molecule has 0 saturated heterocycles. The van der Waals surface area contributed by atoms with Crippen molar-refractivity contribution >= 4 is 16.0 Å². The van der Waals surface area contributed by atoms with Crippen molar-refractivity contribution < 1.29 is 27.1 Å². The van der Waals surface area contributed by atoms with Crippen molar-refractivity contribution in [3.8, 4) is 0 Å². The van der Waals surface area contributed by atoms with Crippen LogP contribution in [-0.4, -0.2) is 25.5 Å². The van der Waals surface area contributed by atoms with Crippen molar-refractivity contribution in [3.63, 3.8) is 0 Å². The molecular formula is C11H13F2NO4S. The van der Waals surface area contributed by atoms with Crippen LogP contribution in [0.15, 0.2) is 23.1 Å². The average molecular weight is 293 g/mol. The first kappa shape index (κ1) is 15.5. The molecule has 1 aromatic rings. The molecule has 0 radical (unpaired) electrons. The van der Waals surface area contributed by atoms with E-state index in [1.165, 1.54) is 0 Å². The number of carboxylic acids is 1. The zero-order valence-corrected chi connectivity index (χ0v) is 10.9. The summed E-state index contributed by atoms with van der Waals surface area (Å²) in [6.45, 7) is 1.58.